The van der Waals surface area contributed by atoms with Crippen molar-refractivity contribution in [2.75, 3.05) is 19.0 Å². The number of aliphatic hydroxyl groups is 1. The molecule has 1 aromatic rings. The first-order valence-corrected chi connectivity index (χ1v) is 5.98. The van der Waals surface area contributed by atoms with Gasteiger partial charge in [0.15, 0.2) is 0 Å². The van der Waals surface area contributed by atoms with Crippen molar-refractivity contribution in [1.82, 2.24) is 4.98 Å². The van der Waals surface area contributed by atoms with E-state index in [2.05, 4.69) is 22.1 Å². The number of methoxy groups -OCH3 is 1. The number of carbonyl (C=O) groups excluding carboxylic acids is 1. The maximum atomic E-state index is 12.1. The molecule has 1 unspecified atom stereocenters. The highest BCUT2D eigenvalue weighted by Crippen LogP contribution is 2.17. The highest BCUT2D eigenvalue weighted by Gasteiger charge is 2.31. The maximum Gasteiger partial charge on any atom is 0.257 e. The summed E-state index contributed by atoms with van der Waals surface area (Å²) in [6.07, 6.45) is 2.10. The number of hydrogen-bond acceptors (Lipinski definition) is 4. The molecule has 0 aliphatic rings. The minimum absolute atomic E-state index is 0.207. The van der Waals surface area contributed by atoms with Crippen LogP contribution in [0.5, 0.6) is 0 Å². The molecule has 0 radical (unpaired) electrons. The van der Waals surface area contributed by atoms with E-state index in [0.717, 1.165) is 0 Å². The Hall–Kier alpha value is -1.90. The Labute approximate surface area is 113 Å². The summed E-state index contributed by atoms with van der Waals surface area (Å²) < 4.78 is 5.22. The zero-order valence-electron chi connectivity index (χ0n) is 11.4. The summed E-state index contributed by atoms with van der Waals surface area (Å²) in [6, 6.07) is 3.35. The van der Waals surface area contributed by atoms with Crippen molar-refractivity contribution in [2.45, 2.75) is 25.9 Å². The van der Waals surface area contributed by atoms with Crippen LogP contribution in [0, 0.1) is 11.8 Å². The van der Waals surface area contributed by atoms with Crippen LogP contribution in [-0.4, -0.2) is 35.3 Å². The first-order valence-electron chi connectivity index (χ1n) is 5.98. The second-order valence-corrected chi connectivity index (χ2v) is 4.13. The minimum atomic E-state index is -0.880. The molecule has 0 fully saturated rings. The smallest absolute Gasteiger partial charge is 0.257 e. The van der Waals surface area contributed by atoms with Gasteiger partial charge in [-0.3, -0.25) is 4.79 Å². The van der Waals surface area contributed by atoms with E-state index in [0.29, 0.717) is 17.8 Å². The average Bonchev–Trinajstić information content (AvgIpc) is 2.44. The Morgan fingerprint density at radius 3 is 2.95 bits per heavy atom. The van der Waals surface area contributed by atoms with E-state index >= 15 is 0 Å². The van der Waals surface area contributed by atoms with Gasteiger partial charge in [-0.1, -0.05) is 18.8 Å². The molecule has 0 aromatic carbocycles. The van der Waals surface area contributed by atoms with Crippen LogP contribution in [0.4, 0.5) is 5.82 Å². The number of nitrogens with one attached hydrogen (secondary N) is 1. The van der Waals surface area contributed by atoms with Crippen molar-refractivity contribution >= 4 is 11.7 Å². The van der Waals surface area contributed by atoms with Gasteiger partial charge in [0.25, 0.3) is 5.91 Å². The number of carbonyl (C=O) groups is 1. The van der Waals surface area contributed by atoms with Gasteiger partial charge in [0.05, 0.1) is 0 Å². The molecule has 0 bridgehead atoms. The number of aromatic nitrogens is 1. The van der Waals surface area contributed by atoms with Crippen LogP contribution < -0.4 is 5.32 Å². The first kappa shape index (κ1) is 15.2. The summed E-state index contributed by atoms with van der Waals surface area (Å²) in [5, 5.41) is 11.3. The zero-order chi connectivity index (χ0) is 14.3. The Kier molecular flexibility index (Phi) is 5.49. The van der Waals surface area contributed by atoms with E-state index in [9.17, 15) is 4.79 Å². The summed E-state index contributed by atoms with van der Waals surface area (Å²) in [5.41, 5.74) is -0.205. The van der Waals surface area contributed by atoms with Gasteiger partial charge in [0.1, 0.15) is 18.0 Å². The lowest BCUT2D eigenvalue weighted by molar-refractivity contribution is -0.136. The third-order valence-corrected chi connectivity index (χ3v) is 2.92. The van der Waals surface area contributed by atoms with Gasteiger partial charge in [-0.25, -0.2) is 4.98 Å². The quantitative estimate of drug-likeness (QED) is 0.799. The highest BCUT2D eigenvalue weighted by atomic mass is 16.5. The van der Waals surface area contributed by atoms with E-state index < -0.39 is 5.60 Å². The third-order valence-electron chi connectivity index (χ3n) is 2.92. The van der Waals surface area contributed by atoms with Gasteiger partial charge in [0, 0.05) is 18.9 Å². The third kappa shape index (κ3) is 4.05. The van der Waals surface area contributed by atoms with Crippen LogP contribution in [0.1, 0.15) is 25.8 Å². The lowest BCUT2D eigenvalue weighted by atomic mass is 10.0. The number of nitrogens with zero attached hydrogens (tertiary/aromatic N) is 1. The van der Waals surface area contributed by atoms with Crippen molar-refractivity contribution in [3.05, 3.63) is 23.9 Å². The van der Waals surface area contributed by atoms with Crippen LogP contribution >= 0.6 is 0 Å². The molecule has 1 amide bonds. The molecule has 1 heterocycles. The number of pyridine rings is 1. The van der Waals surface area contributed by atoms with Crippen LogP contribution in [0.25, 0.3) is 0 Å². The summed E-state index contributed by atoms with van der Waals surface area (Å²) in [4.78, 5) is 16.1. The van der Waals surface area contributed by atoms with Crippen molar-refractivity contribution in [1.29, 1.82) is 0 Å². The number of hydrogen-bond donors (Lipinski definition) is 2. The number of rotatable bonds is 4. The van der Waals surface area contributed by atoms with Gasteiger partial charge < -0.3 is 15.2 Å². The van der Waals surface area contributed by atoms with Crippen LogP contribution in [0.15, 0.2) is 18.3 Å². The van der Waals surface area contributed by atoms with E-state index in [4.69, 9.17) is 9.84 Å². The second-order valence-electron chi connectivity index (χ2n) is 4.13. The van der Waals surface area contributed by atoms with Crippen molar-refractivity contribution in [2.24, 2.45) is 0 Å². The minimum Gasteiger partial charge on any atom is -0.384 e. The number of ether oxygens (including phenoxy) is 1. The summed E-state index contributed by atoms with van der Waals surface area (Å²) >= 11 is 0. The SMILES string of the molecule is CCC(C)(OC)C(=O)Nc1cc(C#CCO)ccn1. The molecule has 2 N–H and O–H groups in total. The normalized spacial score (nSPS) is 13.1. The molecule has 1 atom stereocenters. The Morgan fingerprint density at radius 1 is 1.63 bits per heavy atom. The van der Waals surface area contributed by atoms with E-state index in [1.54, 1.807) is 25.3 Å². The fraction of sp³-hybridized carbons (Fsp3) is 0.429. The molecule has 0 saturated heterocycles. The molecular weight excluding hydrogens is 244 g/mol. The van der Waals surface area contributed by atoms with E-state index in [1.807, 2.05) is 6.92 Å². The average molecular weight is 262 g/mol. The van der Waals surface area contributed by atoms with Crippen LogP contribution in [0.2, 0.25) is 0 Å². The standard InChI is InChI=1S/C14H18N2O3/c1-4-14(2,19-3)13(18)16-12-10-11(6-5-9-17)7-8-15-12/h7-8,10,17H,4,9H2,1-3H3,(H,15,16,18). The molecule has 5 heteroatoms. The molecule has 0 spiro atoms. The van der Waals surface area contributed by atoms with Crippen molar-refractivity contribution in [3.63, 3.8) is 0 Å². The molecule has 102 valence electrons. The first-order chi connectivity index (χ1) is 9.05. The van der Waals surface area contributed by atoms with Crippen LogP contribution in [0.3, 0.4) is 0 Å². The molecule has 19 heavy (non-hydrogen) atoms. The second kappa shape index (κ2) is 6.88. The predicted octanol–water partition coefficient (Wildman–Crippen LogP) is 1.18. The lowest BCUT2D eigenvalue weighted by Crippen LogP contribution is -2.41. The fourth-order valence-corrected chi connectivity index (χ4v) is 1.36. The molecular formula is C14H18N2O3. The molecule has 0 saturated carbocycles. The topological polar surface area (TPSA) is 71.5 Å². The number of aliphatic hydroxyl groups excluding tert-OH is 1. The summed E-state index contributed by atoms with van der Waals surface area (Å²) in [5.74, 6) is 5.45. The zero-order valence-corrected chi connectivity index (χ0v) is 11.4. The van der Waals surface area contributed by atoms with Gasteiger partial charge in [-0.15, -0.1) is 0 Å². The monoisotopic (exact) mass is 262 g/mol. The number of amides is 1. The molecule has 0 aliphatic carbocycles. The highest BCUT2D eigenvalue weighted by molar-refractivity contribution is 5.96. The van der Waals surface area contributed by atoms with Crippen molar-refractivity contribution < 1.29 is 14.6 Å². The number of anilines is 1. The lowest BCUT2D eigenvalue weighted by Gasteiger charge is -2.24. The van der Waals surface area contributed by atoms with E-state index in [-0.39, 0.29) is 12.5 Å². The maximum absolute atomic E-state index is 12.1. The Balaban J connectivity index is 2.85. The van der Waals surface area contributed by atoms with Gasteiger partial charge in [-0.05, 0) is 25.5 Å². The van der Waals surface area contributed by atoms with Gasteiger partial charge in [0.2, 0.25) is 0 Å². The van der Waals surface area contributed by atoms with Crippen LogP contribution in [-0.2, 0) is 9.53 Å². The van der Waals surface area contributed by atoms with Crippen molar-refractivity contribution in [3.8, 4) is 11.8 Å². The Bertz CT molecular complexity index is 499. The molecule has 1 aromatic heterocycles. The van der Waals surface area contributed by atoms with Gasteiger partial charge >= 0.3 is 0 Å². The summed E-state index contributed by atoms with van der Waals surface area (Å²) in [6.45, 7) is 3.39. The molecule has 5 nitrogen and oxygen atoms in total. The largest absolute Gasteiger partial charge is 0.384 e. The van der Waals surface area contributed by atoms with E-state index in [1.165, 1.54) is 7.11 Å². The fourth-order valence-electron chi connectivity index (χ4n) is 1.36. The van der Waals surface area contributed by atoms with Gasteiger partial charge in [-0.2, -0.15) is 0 Å². The predicted molar refractivity (Wildman–Crippen MR) is 72.5 cm³/mol. The Morgan fingerprint density at radius 2 is 2.37 bits per heavy atom. The molecule has 0 aliphatic heterocycles. The summed E-state index contributed by atoms with van der Waals surface area (Å²) in [7, 11) is 1.50. The molecule has 1 rings (SSSR count).